The predicted octanol–water partition coefficient (Wildman–Crippen LogP) is 4.37. The number of anilines is 1. The van der Waals surface area contributed by atoms with Gasteiger partial charge in [-0.05, 0) is 61.4 Å². The maximum absolute atomic E-state index is 13.2. The molecule has 2 heterocycles. The summed E-state index contributed by atoms with van der Waals surface area (Å²) in [6.07, 6.45) is 0.748. The van der Waals surface area contributed by atoms with E-state index in [4.69, 9.17) is 4.98 Å². The average Bonchev–Trinajstić information content (AvgIpc) is 3.16. The number of thioether (sulfide) groups is 2. The Morgan fingerprint density at radius 2 is 1.90 bits per heavy atom. The van der Waals surface area contributed by atoms with Crippen LogP contribution < -0.4 is 10.9 Å². The van der Waals surface area contributed by atoms with Crippen LogP contribution in [-0.4, -0.2) is 27.0 Å². The number of halogens is 1. The fourth-order valence-electron chi connectivity index (χ4n) is 3.36. The molecule has 8 heteroatoms. The molecule has 1 N–H and O–H groups in total. The van der Waals surface area contributed by atoms with Gasteiger partial charge in [-0.15, -0.1) is 11.8 Å². The van der Waals surface area contributed by atoms with Crippen LogP contribution in [0.3, 0.4) is 0 Å². The van der Waals surface area contributed by atoms with Crippen molar-refractivity contribution in [2.45, 2.75) is 30.3 Å². The number of hydrogen-bond donors (Lipinski definition) is 1. The highest BCUT2D eigenvalue weighted by Crippen LogP contribution is 2.30. The van der Waals surface area contributed by atoms with Gasteiger partial charge < -0.3 is 5.32 Å². The van der Waals surface area contributed by atoms with Gasteiger partial charge in [-0.1, -0.05) is 17.8 Å². The second-order valence-electron chi connectivity index (χ2n) is 7.10. The number of nitrogens with zero attached hydrogens (tertiary/aromatic N) is 2. The highest BCUT2D eigenvalue weighted by atomic mass is 32.2. The van der Waals surface area contributed by atoms with Crippen molar-refractivity contribution in [3.8, 4) is 5.69 Å². The van der Waals surface area contributed by atoms with Crippen molar-refractivity contribution in [2.75, 3.05) is 16.8 Å². The van der Waals surface area contributed by atoms with Crippen molar-refractivity contribution in [1.29, 1.82) is 0 Å². The molecule has 30 heavy (non-hydrogen) atoms. The van der Waals surface area contributed by atoms with E-state index in [1.165, 1.54) is 47.8 Å². The molecule has 4 rings (SSSR count). The van der Waals surface area contributed by atoms with Crippen molar-refractivity contribution in [1.82, 2.24) is 9.55 Å². The Hall–Kier alpha value is -2.58. The van der Waals surface area contributed by atoms with Crippen LogP contribution in [0.15, 0.2) is 57.3 Å². The van der Waals surface area contributed by atoms with E-state index in [2.05, 4.69) is 5.32 Å². The van der Waals surface area contributed by atoms with Gasteiger partial charge in [-0.2, -0.15) is 0 Å². The maximum atomic E-state index is 13.2. The highest BCUT2D eigenvalue weighted by Gasteiger charge is 2.23. The molecule has 2 aromatic carbocycles. The van der Waals surface area contributed by atoms with Crippen LogP contribution in [-0.2, 0) is 11.2 Å². The average molecular weight is 442 g/mol. The van der Waals surface area contributed by atoms with E-state index in [9.17, 15) is 14.0 Å². The summed E-state index contributed by atoms with van der Waals surface area (Å²) in [6, 6.07) is 11.5. The summed E-state index contributed by atoms with van der Waals surface area (Å²) in [7, 11) is 0. The summed E-state index contributed by atoms with van der Waals surface area (Å²) < 4.78 is 14.6. The van der Waals surface area contributed by atoms with Crippen molar-refractivity contribution in [3.63, 3.8) is 0 Å². The molecule has 0 saturated heterocycles. The minimum atomic E-state index is -0.361. The third-order valence-corrected chi connectivity index (χ3v) is 6.64. The van der Waals surface area contributed by atoms with E-state index in [-0.39, 0.29) is 23.0 Å². The Kier molecular flexibility index (Phi) is 5.97. The molecule has 1 amide bonds. The number of fused-ring (bicyclic) bond motifs is 1. The van der Waals surface area contributed by atoms with Crippen LogP contribution in [0.5, 0.6) is 0 Å². The molecular formula is C22H20FN3O2S2. The first kappa shape index (κ1) is 20.7. The standard InChI is InChI=1S/C22H20FN3O2S2/c1-13-9-14(2)11-17(10-13)26-21(28)20-18(7-8-29-20)25-22(26)30-12-19(27)24-16-5-3-15(23)4-6-16/h3-6,9-11H,7-8,12H2,1-2H3,(H,24,27). The molecule has 0 unspecified atom stereocenters. The molecule has 1 aromatic heterocycles. The van der Waals surface area contributed by atoms with Gasteiger partial charge in [0.2, 0.25) is 5.91 Å². The summed E-state index contributed by atoms with van der Waals surface area (Å²) in [4.78, 5) is 31.0. The molecule has 154 valence electrons. The SMILES string of the molecule is Cc1cc(C)cc(-n2c(SCC(=O)Nc3ccc(F)cc3)nc3c(c2=O)SCC3)c1. The van der Waals surface area contributed by atoms with E-state index < -0.39 is 0 Å². The molecule has 0 radical (unpaired) electrons. The number of benzene rings is 2. The number of carbonyl (C=O) groups excluding carboxylic acids is 1. The normalized spacial score (nSPS) is 12.6. The first-order valence-electron chi connectivity index (χ1n) is 9.46. The van der Waals surface area contributed by atoms with Gasteiger partial charge in [0.05, 0.1) is 22.0 Å². The number of aromatic nitrogens is 2. The first-order valence-corrected chi connectivity index (χ1v) is 11.4. The third-order valence-electron chi connectivity index (χ3n) is 4.59. The Bertz CT molecular complexity index is 1160. The van der Waals surface area contributed by atoms with Gasteiger partial charge in [0.15, 0.2) is 5.16 Å². The highest BCUT2D eigenvalue weighted by molar-refractivity contribution is 8.00. The van der Waals surface area contributed by atoms with Gasteiger partial charge >= 0.3 is 0 Å². The van der Waals surface area contributed by atoms with Crippen LogP contribution in [0.2, 0.25) is 0 Å². The quantitative estimate of drug-likeness (QED) is 0.471. The molecule has 0 atom stereocenters. The van der Waals surface area contributed by atoms with Gasteiger partial charge in [0.25, 0.3) is 5.56 Å². The number of hydrogen-bond acceptors (Lipinski definition) is 5. The van der Waals surface area contributed by atoms with E-state index >= 15 is 0 Å². The van der Waals surface area contributed by atoms with Crippen LogP contribution in [0.25, 0.3) is 5.69 Å². The smallest absolute Gasteiger partial charge is 0.272 e. The van der Waals surface area contributed by atoms with E-state index in [0.717, 1.165) is 34.7 Å². The van der Waals surface area contributed by atoms with Crippen molar-refractivity contribution < 1.29 is 9.18 Å². The number of amides is 1. The van der Waals surface area contributed by atoms with E-state index in [1.54, 1.807) is 4.57 Å². The molecule has 3 aromatic rings. The Labute approximate surface area is 182 Å². The second kappa shape index (κ2) is 8.65. The van der Waals surface area contributed by atoms with Gasteiger partial charge in [0.1, 0.15) is 5.82 Å². The lowest BCUT2D eigenvalue weighted by Crippen LogP contribution is -2.25. The summed E-state index contributed by atoms with van der Waals surface area (Å²) in [5, 5.41) is 3.24. The minimum absolute atomic E-state index is 0.0839. The summed E-state index contributed by atoms with van der Waals surface area (Å²) in [5.74, 6) is 0.312. The zero-order valence-corrected chi connectivity index (χ0v) is 18.2. The molecule has 0 saturated carbocycles. The lowest BCUT2D eigenvalue weighted by atomic mass is 10.1. The third kappa shape index (κ3) is 4.44. The number of rotatable bonds is 5. The van der Waals surface area contributed by atoms with Gasteiger partial charge in [0, 0.05) is 17.9 Å². The topological polar surface area (TPSA) is 64.0 Å². The molecule has 0 bridgehead atoms. The number of nitrogens with one attached hydrogen (secondary N) is 1. The van der Waals surface area contributed by atoms with Crippen LogP contribution in [0.4, 0.5) is 10.1 Å². The molecule has 1 aliphatic heterocycles. The van der Waals surface area contributed by atoms with Crippen LogP contribution >= 0.6 is 23.5 Å². The Morgan fingerprint density at radius 1 is 1.20 bits per heavy atom. The van der Waals surface area contributed by atoms with E-state index in [0.29, 0.717) is 15.7 Å². The summed E-state index contributed by atoms with van der Waals surface area (Å²) in [6.45, 7) is 3.97. The molecule has 1 aliphatic rings. The van der Waals surface area contributed by atoms with Crippen molar-refractivity contribution >= 4 is 35.1 Å². The van der Waals surface area contributed by atoms with Crippen LogP contribution in [0, 0.1) is 19.7 Å². The Balaban J connectivity index is 1.63. The lowest BCUT2D eigenvalue weighted by Gasteiger charge is -2.15. The zero-order chi connectivity index (χ0) is 21.3. The molecule has 0 spiro atoms. The largest absolute Gasteiger partial charge is 0.325 e. The molecule has 0 fully saturated rings. The molecule has 0 aliphatic carbocycles. The number of aryl methyl sites for hydroxylation is 3. The fourth-order valence-corrected chi connectivity index (χ4v) is 5.21. The van der Waals surface area contributed by atoms with Crippen molar-refractivity contribution in [3.05, 3.63) is 75.5 Å². The minimum Gasteiger partial charge on any atom is -0.325 e. The second-order valence-corrected chi connectivity index (χ2v) is 9.15. The van der Waals surface area contributed by atoms with Gasteiger partial charge in [-0.25, -0.2) is 9.37 Å². The summed E-state index contributed by atoms with van der Waals surface area (Å²) >= 11 is 2.75. The van der Waals surface area contributed by atoms with Crippen LogP contribution in [0.1, 0.15) is 16.8 Å². The monoisotopic (exact) mass is 441 g/mol. The van der Waals surface area contributed by atoms with E-state index in [1.807, 2.05) is 32.0 Å². The molecular weight excluding hydrogens is 421 g/mol. The van der Waals surface area contributed by atoms with Crippen molar-refractivity contribution in [2.24, 2.45) is 0 Å². The predicted molar refractivity (Wildman–Crippen MR) is 119 cm³/mol. The fraction of sp³-hybridized carbons (Fsp3) is 0.227. The number of carbonyl (C=O) groups is 1. The Morgan fingerprint density at radius 3 is 2.60 bits per heavy atom. The first-order chi connectivity index (χ1) is 14.4. The lowest BCUT2D eigenvalue weighted by molar-refractivity contribution is -0.113. The van der Waals surface area contributed by atoms with Gasteiger partial charge in [-0.3, -0.25) is 14.2 Å². The molecule has 5 nitrogen and oxygen atoms in total. The zero-order valence-electron chi connectivity index (χ0n) is 16.6. The summed E-state index contributed by atoms with van der Waals surface area (Å²) in [5.41, 5.74) is 4.08. The maximum Gasteiger partial charge on any atom is 0.272 e.